The SMILES string of the molecule is COCCN(CC(=O)N(CCc1c[nH]c2ccccc12)Cc1ccc(C)cc1)C(=O)Nc1cccc(C)c1. The third-order valence-corrected chi connectivity index (χ3v) is 6.62. The Morgan fingerprint density at radius 2 is 1.68 bits per heavy atom. The number of aryl methyl sites for hydroxylation is 2. The van der Waals surface area contributed by atoms with Crippen LogP contribution in [0.5, 0.6) is 0 Å². The van der Waals surface area contributed by atoms with Crippen LogP contribution in [0.1, 0.15) is 22.3 Å². The average Bonchev–Trinajstić information content (AvgIpc) is 3.33. The summed E-state index contributed by atoms with van der Waals surface area (Å²) in [5, 5.41) is 4.08. The lowest BCUT2D eigenvalue weighted by atomic mass is 10.1. The molecular formula is C31H36N4O3. The number of rotatable bonds is 11. The van der Waals surface area contributed by atoms with Crippen LogP contribution >= 0.6 is 0 Å². The maximum atomic E-state index is 13.7. The highest BCUT2D eigenvalue weighted by atomic mass is 16.5. The first-order chi connectivity index (χ1) is 18.4. The Hall–Kier alpha value is -4.10. The van der Waals surface area contributed by atoms with Gasteiger partial charge in [-0.15, -0.1) is 0 Å². The minimum absolute atomic E-state index is 0.0409. The third-order valence-electron chi connectivity index (χ3n) is 6.62. The summed E-state index contributed by atoms with van der Waals surface area (Å²) in [5.74, 6) is -0.110. The van der Waals surface area contributed by atoms with Crippen molar-refractivity contribution in [2.24, 2.45) is 0 Å². The van der Waals surface area contributed by atoms with E-state index in [1.807, 2.05) is 61.3 Å². The quantitative estimate of drug-likeness (QED) is 0.277. The topological polar surface area (TPSA) is 77.7 Å². The monoisotopic (exact) mass is 512 g/mol. The summed E-state index contributed by atoms with van der Waals surface area (Å²) in [7, 11) is 1.59. The van der Waals surface area contributed by atoms with Crippen molar-refractivity contribution in [3.63, 3.8) is 0 Å². The van der Waals surface area contributed by atoms with Gasteiger partial charge >= 0.3 is 6.03 Å². The van der Waals surface area contributed by atoms with Gasteiger partial charge in [-0.05, 0) is 55.2 Å². The molecule has 0 atom stereocenters. The molecule has 0 spiro atoms. The molecule has 4 rings (SSSR count). The Balaban J connectivity index is 1.50. The van der Waals surface area contributed by atoms with Crippen molar-refractivity contribution in [3.8, 4) is 0 Å². The number of nitrogens with zero attached hydrogens (tertiary/aromatic N) is 2. The summed E-state index contributed by atoms with van der Waals surface area (Å²) in [6.07, 6.45) is 2.72. The fourth-order valence-corrected chi connectivity index (χ4v) is 4.44. The van der Waals surface area contributed by atoms with Gasteiger partial charge in [0.15, 0.2) is 0 Å². The molecule has 0 aliphatic rings. The van der Waals surface area contributed by atoms with Crippen LogP contribution in [-0.4, -0.2) is 60.1 Å². The molecule has 1 heterocycles. The van der Waals surface area contributed by atoms with Gasteiger partial charge in [0.2, 0.25) is 5.91 Å². The van der Waals surface area contributed by atoms with E-state index in [-0.39, 0.29) is 18.5 Å². The van der Waals surface area contributed by atoms with Crippen LogP contribution in [0.2, 0.25) is 0 Å². The molecule has 0 saturated carbocycles. The number of ether oxygens (including phenoxy) is 1. The number of urea groups is 1. The summed E-state index contributed by atoms with van der Waals surface area (Å²) >= 11 is 0. The second kappa shape index (κ2) is 12.9. The Morgan fingerprint density at radius 1 is 0.895 bits per heavy atom. The van der Waals surface area contributed by atoms with Crippen molar-refractivity contribution in [3.05, 3.63) is 101 Å². The fraction of sp³-hybridized carbons (Fsp3) is 0.290. The van der Waals surface area contributed by atoms with Gasteiger partial charge in [-0.1, -0.05) is 60.2 Å². The molecule has 0 radical (unpaired) electrons. The molecule has 0 aliphatic carbocycles. The Kier molecular flexibility index (Phi) is 9.16. The van der Waals surface area contributed by atoms with Gasteiger partial charge in [-0.25, -0.2) is 4.79 Å². The number of para-hydroxylation sites is 1. The van der Waals surface area contributed by atoms with E-state index in [2.05, 4.69) is 46.7 Å². The van der Waals surface area contributed by atoms with Crippen LogP contribution in [0.15, 0.2) is 79.0 Å². The molecule has 3 aromatic carbocycles. The van der Waals surface area contributed by atoms with Gasteiger partial charge in [0.25, 0.3) is 0 Å². The first-order valence-corrected chi connectivity index (χ1v) is 12.9. The second-order valence-electron chi connectivity index (χ2n) is 9.62. The molecular weight excluding hydrogens is 476 g/mol. The van der Waals surface area contributed by atoms with Gasteiger partial charge in [-0.3, -0.25) is 4.79 Å². The van der Waals surface area contributed by atoms with Crippen LogP contribution in [0.25, 0.3) is 10.9 Å². The molecule has 0 unspecified atom stereocenters. The minimum Gasteiger partial charge on any atom is -0.383 e. The molecule has 1 aromatic heterocycles. The summed E-state index contributed by atoms with van der Waals surface area (Å²) in [5.41, 5.74) is 6.21. The number of fused-ring (bicyclic) bond motifs is 1. The summed E-state index contributed by atoms with van der Waals surface area (Å²) in [6, 6.07) is 23.7. The van der Waals surface area contributed by atoms with E-state index in [4.69, 9.17) is 4.74 Å². The highest BCUT2D eigenvalue weighted by Crippen LogP contribution is 2.19. The van der Waals surface area contributed by atoms with Crippen molar-refractivity contribution in [2.75, 3.05) is 38.7 Å². The zero-order valence-electron chi connectivity index (χ0n) is 22.4. The van der Waals surface area contributed by atoms with Crippen molar-refractivity contribution in [1.82, 2.24) is 14.8 Å². The lowest BCUT2D eigenvalue weighted by Crippen LogP contribution is -2.46. The molecule has 7 heteroatoms. The Labute approximate surface area is 224 Å². The zero-order valence-corrected chi connectivity index (χ0v) is 22.4. The van der Waals surface area contributed by atoms with E-state index < -0.39 is 0 Å². The number of carbonyl (C=O) groups is 2. The average molecular weight is 513 g/mol. The third kappa shape index (κ3) is 7.23. The second-order valence-corrected chi connectivity index (χ2v) is 9.62. The summed E-state index contributed by atoms with van der Waals surface area (Å²) in [4.78, 5) is 33.5. The van der Waals surface area contributed by atoms with Gasteiger partial charge in [0, 0.05) is 49.5 Å². The molecule has 7 nitrogen and oxygen atoms in total. The maximum Gasteiger partial charge on any atom is 0.322 e. The smallest absolute Gasteiger partial charge is 0.322 e. The number of amides is 3. The number of carbonyl (C=O) groups excluding carboxylic acids is 2. The number of H-pyrrole nitrogens is 1. The number of anilines is 1. The Bertz CT molecular complexity index is 1360. The van der Waals surface area contributed by atoms with Crippen LogP contribution in [-0.2, 0) is 22.5 Å². The van der Waals surface area contributed by atoms with E-state index in [9.17, 15) is 9.59 Å². The number of hydrogen-bond donors (Lipinski definition) is 2. The molecule has 3 amide bonds. The van der Waals surface area contributed by atoms with Crippen LogP contribution < -0.4 is 5.32 Å². The summed E-state index contributed by atoms with van der Waals surface area (Å²) < 4.78 is 5.23. The molecule has 38 heavy (non-hydrogen) atoms. The van der Waals surface area contributed by atoms with Gasteiger partial charge in [0.05, 0.1) is 6.61 Å². The van der Waals surface area contributed by atoms with Crippen molar-refractivity contribution < 1.29 is 14.3 Å². The molecule has 0 bridgehead atoms. The molecule has 0 saturated heterocycles. The normalized spacial score (nSPS) is 10.9. The lowest BCUT2D eigenvalue weighted by molar-refractivity contribution is -0.132. The number of aromatic amines is 1. The zero-order chi connectivity index (χ0) is 26.9. The lowest BCUT2D eigenvalue weighted by Gasteiger charge is -2.28. The largest absolute Gasteiger partial charge is 0.383 e. The number of hydrogen-bond acceptors (Lipinski definition) is 3. The van der Waals surface area contributed by atoms with Gasteiger partial charge in [0.1, 0.15) is 6.54 Å². The fourth-order valence-electron chi connectivity index (χ4n) is 4.44. The van der Waals surface area contributed by atoms with E-state index in [1.54, 1.807) is 7.11 Å². The van der Waals surface area contributed by atoms with E-state index in [0.717, 1.165) is 27.6 Å². The molecule has 198 valence electrons. The molecule has 0 fully saturated rings. The van der Waals surface area contributed by atoms with Crippen LogP contribution in [0, 0.1) is 13.8 Å². The molecule has 2 N–H and O–H groups in total. The minimum atomic E-state index is -0.326. The van der Waals surface area contributed by atoms with E-state index >= 15 is 0 Å². The highest BCUT2D eigenvalue weighted by Gasteiger charge is 2.22. The molecule has 4 aromatic rings. The van der Waals surface area contributed by atoms with Crippen molar-refractivity contribution >= 4 is 28.5 Å². The van der Waals surface area contributed by atoms with Crippen LogP contribution in [0.4, 0.5) is 10.5 Å². The van der Waals surface area contributed by atoms with E-state index in [0.29, 0.717) is 38.3 Å². The van der Waals surface area contributed by atoms with E-state index in [1.165, 1.54) is 10.5 Å². The maximum absolute atomic E-state index is 13.7. The first kappa shape index (κ1) is 26.9. The number of aromatic nitrogens is 1. The van der Waals surface area contributed by atoms with Crippen LogP contribution in [0.3, 0.4) is 0 Å². The van der Waals surface area contributed by atoms with Crippen molar-refractivity contribution in [2.45, 2.75) is 26.8 Å². The predicted octanol–water partition coefficient (Wildman–Crippen LogP) is 5.54. The number of benzene rings is 3. The van der Waals surface area contributed by atoms with Crippen molar-refractivity contribution in [1.29, 1.82) is 0 Å². The standard InChI is InChI=1S/C31H36N4O3/c1-23-11-13-25(14-12-23)21-34(16-15-26-20-32-29-10-5-4-9-28(26)29)30(36)22-35(17-18-38-3)31(37)33-27-8-6-7-24(2)19-27/h4-14,19-20,32H,15-18,21-22H2,1-3H3,(H,33,37). The van der Waals surface area contributed by atoms with Gasteiger partial charge in [-0.2, -0.15) is 0 Å². The highest BCUT2D eigenvalue weighted by molar-refractivity contribution is 5.92. The first-order valence-electron chi connectivity index (χ1n) is 12.9. The predicted molar refractivity (Wildman–Crippen MR) is 152 cm³/mol. The number of methoxy groups -OCH3 is 1. The van der Waals surface area contributed by atoms with Gasteiger partial charge < -0.3 is 24.8 Å². The number of nitrogens with one attached hydrogen (secondary N) is 2. The molecule has 0 aliphatic heterocycles. The Morgan fingerprint density at radius 3 is 2.45 bits per heavy atom. The summed E-state index contributed by atoms with van der Waals surface area (Å²) in [6.45, 7) is 5.62.